The van der Waals surface area contributed by atoms with Crippen molar-refractivity contribution in [2.24, 2.45) is 0 Å². The van der Waals surface area contributed by atoms with Crippen LogP contribution < -0.4 is 5.32 Å². The summed E-state index contributed by atoms with van der Waals surface area (Å²) in [5.74, 6) is -0.232. The Morgan fingerprint density at radius 2 is 2.17 bits per heavy atom. The third-order valence-electron chi connectivity index (χ3n) is 4.87. The number of amides is 2. The van der Waals surface area contributed by atoms with Crippen molar-refractivity contribution in [1.29, 1.82) is 5.26 Å². The summed E-state index contributed by atoms with van der Waals surface area (Å²) in [5, 5.41) is 18.4. The van der Waals surface area contributed by atoms with Crippen LogP contribution in [0.25, 0.3) is 0 Å². The highest BCUT2D eigenvalue weighted by molar-refractivity contribution is 7.09. The van der Waals surface area contributed by atoms with Gasteiger partial charge in [0.2, 0.25) is 5.91 Å². The fourth-order valence-electron chi connectivity index (χ4n) is 3.48. The van der Waals surface area contributed by atoms with Crippen LogP contribution in [0.15, 0.2) is 54.0 Å². The SMILES string of the molecule is N#Cc1cccc(C(=O)N2Cc3ccnn3[C@@H](CC(=O)NCc3cccs3)C2)c1. The molecule has 0 unspecified atom stereocenters. The number of hydrogen-bond acceptors (Lipinski definition) is 5. The summed E-state index contributed by atoms with van der Waals surface area (Å²) in [4.78, 5) is 28.3. The van der Waals surface area contributed by atoms with Crippen molar-refractivity contribution in [3.63, 3.8) is 0 Å². The minimum Gasteiger partial charge on any atom is -0.351 e. The molecular formula is C21H19N5O2S. The number of benzene rings is 1. The molecular weight excluding hydrogens is 386 g/mol. The number of rotatable bonds is 5. The highest BCUT2D eigenvalue weighted by atomic mass is 32.1. The van der Waals surface area contributed by atoms with Crippen LogP contribution in [0.5, 0.6) is 0 Å². The number of carbonyl (C=O) groups excluding carboxylic acids is 2. The Balaban J connectivity index is 1.47. The Labute approximate surface area is 172 Å². The van der Waals surface area contributed by atoms with E-state index in [4.69, 9.17) is 5.26 Å². The molecule has 0 radical (unpaired) electrons. The van der Waals surface area contributed by atoms with Crippen LogP contribution in [-0.4, -0.2) is 33.0 Å². The zero-order valence-corrected chi connectivity index (χ0v) is 16.4. The van der Waals surface area contributed by atoms with Gasteiger partial charge in [-0.3, -0.25) is 14.3 Å². The van der Waals surface area contributed by atoms with Crippen LogP contribution in [0.1, 0.15) is 39.0 Å². The maximum atomic E-state index is 13.0. The van der Waals surface area contributed by atoms with Gasteiger partial charge in [-0.15, -0.1) is 11.3 Å². The van der Waals surface area contributed by atoms with Crippen LogP contribution in [0.3, 0.4) is 0 Å². The smallest absolute Gasteiger partial charge is 0.254 e. The lowest BCUT2D eigenvalue weighted by atomic mass is 10.1. The standard InChI is InChI=1S/C21H19N5O2S/c22-11-15-3-1-4-16(9-15)21(28)25-13-17-6-7-24-26(17)18(14-25)10-20(27)23-12-19-5-2-8-29-19/h1-9,18H,10,12-14H2,(H,23,27)/t18-/m0/s1. The number of fused-ring (bicyclic) bond motifs is 1. The van der Waals surface area contributed by atoms with Crippen molar-refractivity contribution >= 4 is 23.2 Å². The number of hydrogen-bond donors (Lipinski definition) is 1. The van der Waals surface area contributed by atoms with E-state index in [1.54, 1.807) is 46.7 Å². The summed E-state index contributed by atoms with van der Waals surface area (Å²) in [6.07, 6.45) is 1.93. The van der Waals surface area contributed by atoms with Gasteiger partial charge in [0, 0.05) is 23.2 Å². The van der Waals surface area contributed by atoms with Crippen molar-refractivity contribution in [2.45, 2.75) is 25.6 Å². The predicted octanol–water partition coefficient (Wildman–Crippen LogP) is 2.72. The van der Waals surface area contributed by atoms with Crippen LogP contribution in [0.4, 0.5) is 0 Å². The third kappa shape index (κ3) is 4.20. The second-order valence-corrected chi connectivity index (χ2v) is 7.89. The Morgan fingerprint density at radius 1 is 1.28 bits per heavy atom. The highest BCUT2D eigenvalue weighted by Gasteiger charge is 2.30. The molecule has 2 amide bonds. The first-order valence-corrected chi connectivity index (χ1v) is 10.1. The maximum absolute atomic E-state index is 13.0. The Bertz CT molecular complexity index is 1070. The molecule has 4 rings (SSSR count). The molecule has 1 N–H and O–H groups in total. The first-order valence-electron chi connectivity index (χ1n) is 9.25. The molecule has 0 fully saturated rings. The molecule has 1 atom stereocenters. The average molecular weight is 405 g/mol. The van der Waals surface area contributed by atoms with Crippen molar-refractivity contribution in [2.75, 3.05) is 6.54 Å². The maximum Gasteiger partial charge on any atom is 0.254 e. The topological polar surface area (TPSA) is 91.0 Å². The fourth-order valence-corrected chi connectivity index (χ4v) is 4.13. The number of carbonyl (C=O) groups is 2. The second kappa shape index (κ2) is 8.29. The van der Waals surface area contributed by atoms with Crippen molar-refractivity contribution < 1.29 is 9.59 Å². The molecule has 2 aromatic heterocycles. The monoisotopic (exact) mass is 405 g/mol. The summed E-state index contributed by atoms with van der Waals surface area (Å²) >= 11 is 1.60. The van der Waals surface area contributed by atoms with Gasteiger partial charge in [0.25, 0.3) is 5.91 Å². The van der Waals surface area contributed by atoms with Gasteiger partial charge in [0.1, 0.15) is 0 Å². The molecule has 3 aromatic rings. The lowest BCUT2D eigenvalue weighted by Gasteiger charge is -2.33. The molecule has 1 aliphatic heterocycles. The minimum absolute atomic E-state index is 0.0781. The summed E-state index contributed by atoms with van der Waals surface area (Å²) in [6.45, 7) is 1.30. The van der Waals surface area contributed by atoms with Crippen molar-refractivity contribution in [3.8, 4) is 6.07 Å². The first kappa shape index (κ1) is 18.9. The number of aromatic nitrogens is 2. The normalized spacial score (nSPS) is 15.4. The van der Waals surface area contributed by atoms with E-state index < -0.39 is 0 Å². The molecule has 146 valence electrons. The number of nitriles is 1. The summed E-state index contributed by atoms with van der Waals surface area (Å²) in [6, 6.07) is 14.3. The molecule has 0 saturated carbocycles. The average Bonchev–Trinajstić information content (AvgIpc) is 3.43. The Morgan fingerprint density at radius 3 is 2.97 bits per heavy atom. The molecule has 29 heavy (non-hydrogen) atoms. The third-order valence-corrected chi connectivity index (χ3v) is 5.75. The Hall–Kier alpha value is -3.44. The lowest BCUT2D eigenvalue weighted by molar-refractivity contribution is -0.122. The number of nitrogens with zero attached hydrogens (tertiary/aromatic N) is 4. The van der Waals surface area contributed by atoms with Gasteiger partial charge in [-0.1, -0.05) is 12.1 Å². The molecule has 1 aromatic carbocycles. The van der Waals surface area contributed by atoms with Gasteiger partial charge in [-0.05, 0) is 35.7 Å². The van der Waals surface area contributed by atoms with Crippen molar-refractivity contribution in [3.05, 3.63) is 75.7 Å². The minimum atomic E-state index is -0.236. The van der Waals surface area contributed by atoms with Gasteiger partial charge in [0.15, 0.2) is 0 Å². The first-order chi connectivity index (χ1) is 14.1. The van der Waals surface area contributed by atoms with E-state index in [1.807, 2.05) is 28.3 Å². The van der Waals surface area contributed by atoms with E-state index in [1.165, 1.54) is 0 Å². The number of nitrogens with one attached hydrogen (secondary N) is 1. The van der Waals surface area contributed by atoms with Gasteiger partial charge in [-0.25, -0.2) is 0 Å². The van der Waals surface area contributed by atoms with E-state index in [0.29, 0.717) is 30.8 Å². The van der Waals surface area contributed by atoms with Crippen molar-refractivity contribution in [1.82, 2.24) is 20.0 Å². The van der Waals surface area contributed by atoms with Gasteiger partial charge < -0.3 is 10.2 Å². The summed E-state index contributed by atoms with van der Waals surface area (Å²) in [7, 11) is 0. The van der Waals surface area contributed by atoms with E-state index in [0.717, 1.165) is 10.6 Å². The van der Waals surface area contributed by atoms with Gasteiger partial charge >= 0.3 is 0 Å². The second-order valence-electron chi connectivity index (χ2n) is 6.86. The van der Waals surface area contributed by atoms with Crippen LogP contribution in [0, 0.1) is 11.3 Å². The predicted molar refractivity (Wildman–Crippen MR) is 108 cm³/mol. The van der Waals surface area contributed by atoms with Crippen LogP contribution in [0.2, 0.25) is 0 Å². The van der Waals surface area contributed by atoms with Gasteiger partial charge in [-0.2, -0.15) is 10.4 Å². The summed E-state index contributed by atoms with van der Waals surface area (Å²) < 4.78 is 1.83. The Kier molecular flexibility index (Phi) is 5.40. The molecule has 0 spiro atoms. The number of thiophene rings is 1. The molecule has 3 heterocycles. The summed E-state index contributed by atoms with van der Waals surface area (Å²) in [5.41, 5.74) is 1.80. The van der Waals surface area contributed by atoms with Gasteiger partial charge in [0.05, 0.1) is 42.9 Å². The van der Waals surface area contributed by atoms with E-state index in [2.05, 4.69) is 16.5 Å². The molecule has 0 bridgehead atoms. The largest absolute Gasteiger partial charge is 0.351 e. The fraction of sp³-hybridized carbons (Fsp3) is 0.238. The molecule has 1 aliphatic rings. The molecule has 7 nitrogen and oxygen atoms in total. The zero-order valence-electron chi connectivity index (χ0n) is 15.6. The quantitative estimate of drug-likeness (QED) is 0.707. The van der Waals surface area contributed by atoms with Crippen LogP contribution >= 0.6 is 11.3 Å². The molecule has 0 aliphatic carbocycles. The van der Waals surface area contributed by atoms with Crippen LogP contribution in [-0.2, 0) is 17.9 Å². The zero-order chi connectivity index (χ0) is 20.2. The van der Waals surface area contributed by atoms with E-state index in [-0.39, 0.29) is 24.3 Å². The van der Waals surface area contributed by atoms with E-state index >= 15 is 0 Å². The lowest BCUT2D eigenvalue weighted by Crippen LogP contribution is -2.42. The molecule has 0 saturated heterocycles. The molecule has 8 heteroatoms. The highest BCUT2D eigenvalue weighted by Crippen LogP contribution is 2.24. The van der Waals surface area contributed by atoms with E-state index in [9.17, 15) is 9.59 Å².